The van der Waals surface area contributed by atoms with E-state index in [0.717, 1.165) is 52.5 Å². The molecule has 5 fully saturated rings. The van der Waals surface area contributed by atoms with Crippen LogP contribution in [0, 0.1) is 36.5 Å². The van der Waals surface area contributed by atoms with E-state index in [1.54, 1.807) is 62.2 Å². The molecule has 9 unspecified atom stereocenters. The van der Waals surface area contributed by atoms with Crippen molar-refractivity contribution in [3.05, 3.63) is 83.9 Å². The van der Waals surface area contributed by atoms with E-state index in [-0.39, 0.29) is 7.92 Å². The van der Waals surface area contributed by atoms with Gasteiger partial charge in [0, 0.05) is 19.8 Å². The summed E-state index contributed by atoms with van der Waals surface area (Å²) in [5.41, 5.74) is 7.43. The molecule has 0 amide bonds. The van der Waals surface area contributed by atoms with Crippen molar-refractivity contribution in [3.8, 4) is 0 Å². The molecular weight excluding hydrogens is 580 g/mol. The molecule has 5 saturated carbocycles. The van der Waals surface area contributed by atoms with Gasteiger partial charge in [-0.3, -0.25) is 0 Å². The molecule has 45 heavy (non-hydrogen) atoms. The molecule has 5 aliphatic rings. The van der Waals surface area contributed by atoms with Crippen LogP contribution in [0.25, 0.3) is 0 Å². The summed E-state index contributed by atoms with van der Waals surface area (Å²) in [5, 5.41) is 4.61. The Hall–Kier alpha value is -1.68. The van der Waals surface area contributed by atoms with E-state index in [0.29, 0.717) is 0 Å². The lowest BCUT2D eigenvalue weighted by molar-refractivity contribution is 0.433. The molecule has 0 spiro atoms. The summed E-state index contributed by atoms with van der Waals surface area (Å²) in [6, 6.07) is 28.8. The van der Waals surface area contributed by atoms with Gasteiger partial charge in [-0.1, -0.05) is 100 Å². The minimum absolute atomic E-state index is 0.0928. The van der Waals surface area contributed by atoms with Crippen LogP contribution in [0.2, 0.25) is 0 Å². The molecule has 0 aliphatic heterocycles. The summed E-state index contributed by atoms with van der Waals surface area (Å²) in [7, 11) is 3.77. The lowest BCUT2D eigenvalue weighted by atomic mass is 9.87. The minimum Gasteiger partial charge on any atom is -0.378 e. The molecule has 1 nitrogen and oxygen atoms in total. The SMILES string of the molecule is Cc1ccc(P(c2ccc(N(C)C)cc2)c2ccccc2C2CCCC2[C@@H](C)P(C2CC3CCC2C3)C2CC3CCC2C3)cc1. The maximum absolute atomic E-state index is 2.80. The molecule has 10 atom stereocenters. The fraction of sp³-hybridized carbons (Fsp3) is 0.571. The van der Waals surface area contributed by atoms with Crippen molar-refractivity contribution in [2.45, 2.75) is 107 Å². The Morgan fingerprint density at radius 3 is 1.82 bits per heavy atom. The quantitative estimate of drug-likeness (QED) is 0.212. The van der Waals surface area contributed by atoms with E-state index in [1.807, 2.05) is 0 Å². The number of hydrogen-bond donors (Lipinski definition) is 0. The Bertz CT molecular complexity index is 1430. The van der Waals surface area contributed by atoms with E-state index < -0.39 is 7.92 Å². The number of benzene rings is 3. The van der Waals surface area contributed by atoms with Gasteiger partial charge in [-0.05, 0) is 152 Å². The van der Waals surface area contributed by atoms with Crippen LogP contribution in [-0.2, 0) is 0 Å². The van der Waals surface area contributed by atoms with Crippen molar-refractivity contribution < 1.29 is 0 Å². The minimum atomic E-state index is -0.619. The highest BCUT2D eigenvalue weighted by molar-refractivity contribution is 7.79. The summed E-state index contributed by atoms with van der Waals surface area (Å²) in [5.74, 6) is 5.89. The standard InChI is InChI=1S/C42H55NP2/c1-28-12-20-35(21-13-28)45(36-22-18-34(19-23-36)43(3)4)40-11-6-5-8-39(40)38-10-7-9-37(38)29(2)44(41-26-30-14-16-32(41)24-30)42-27-31-15-17-33(42)25-31/h5-6,8,11-13,18-23,29-33,37-38,41-42H,7,9-10,14-17,24-27H2,1-4H3/t29-,30?,31?,32?,33?,37?,38?,41?,42?,44?,45?/m1/s1. The first-order chi connectivity index (χ1) is 21.9. The topological polar surface area (TPSA) is 3.24 Å². The van der Waals surface area contributed by atoms with Crippen molar-refractivity contribution in [2.24, 2.45) is 29.6 Å². The first kappa shape index (κ1) is 30.6. The van der Waals surface area contributed by atoms with E-state index in [2.05, 4.69) is 106 Å². The van der Waals surface area contributed by atoms with Crippen molar-refractivity contribution in [1.29, 1.82) is 0 Å². The number of aryl methyl sites for hydroxylation is 1. The van der Waals surface area contributed by atoms with Gasteiger partial charge < -0.3 is 4.90 Å². The zero-order chi connectivity index (χ0) is 30.7. The molecule has 0 N–H and O–H groups in total. The molecule has 3 heteroatoms. The predicted molar refractivity (Wildman–Crippen MR) is 199 cm³/mol. The largest absolute Gasteiger partial charge is 0.378 e. The first-order valence-corrected chi connectivity index (χ1v) is 21.3. The Morgan fingerprint density at radius 2 is 1.27 bits per heavy atom. The van der Waals surface area contributed by atoms with Crippen LogP contribution in [0.3, 0.4) is 0 Å². The van der Waals surface area contributed by atoms with Crippen LogP contribution < -0.4 is 20.8 Å². The number of nitrogens with zero attached hydrogens (tertiary/aromatic N) is 1. The highest BCUT2D eigenvalue weighted by atomic mass is 31.1. The third kappa shape index (κ3) is 5.76. The number of fused-ring (bicyclic) bond motifs is 4. The van der Waals surface area contributed by atoms with Crippen LogP contribution in [0.4, 0.5) is 5.69 Å². The molecule has 3 aromatic rings. The van der Waals surface area contributed by atoms with Crippen LogP contribution in [0.5, 0.6) is 0 Å². The van der Waals surface area contributed by atoms with Crippen molar-refractivity contribution in [3.63, 3.8) is 0 Å². The smallest absolute Gasteiger partial charge is 0.0361 e. The van der Waals surface area contributed by atoms with E-state index >= 15 is 0 Å². The van der Waals surface area contributed by atoms with Crippen LogP contribution in [0.15, 0.2) is 72.8 Å². The molecule has 238 valence electrons. The Balaban J connectivity index is 1.16. The van der Waals surface area contributed by atoms with Gasteiger partial charge in [0.1, 0.15) is 0 Å². The number of hydrogen-bond acceptors (Lipinski definition) is 1. The molecule has 5 aliphatic carbocycles. The molecule has 0 radical (unpaired) electrons. The van der Waals surface area contributed by atoms with E-state index in [9.17, 15) is 0 Å². The van der Waals surface area contributed by atoms with Gasteiger partial charge in [-0.15, -0.1) is 0 Å². The Labute approximate surface area is 276 Å². The second-order valence-electron chi connectivity index (χ2n) is 16.0. The second-order valence-corrected chi connectivity index (χ2v) is 21.2. The summed E-state index contributed by atoms with van der Waals surface area (Å²) in [4.78, 5) is 2.22. The molecule has 4 bridgehead atoms. The second kappa shape index (κ2) is 12.7. The van der Waals surface area contributed by atoms with Crippen molar-refractivity contribution in [1.82, 2.24) is 0 Å². The molecule has 3 aromatic carbocycles. The fourth-order valence-corrected chi connectivity index (χ4v) is 18.8. The van der Waals surface area contributed by atoms with Crippen LogP contribution >= 0.6 is 15.8 Å². The van der Waals surface area contributed by atoms with Crippen LogP contribution in [0.1, 0.15) is 94.6 Å². The van der Waals surface area contributed by atoms with Gasteiger partial charge in [0.2, 0.25) is 0 Å². The summed E-state index contributed by atoms with van der Waals surface area (Å²) >= 11 is 0. The zero-order valence-corrected chi connectivity index (χ0v) is 30.0. The van der Waals surface area contributed by atoms with E-state index in [1.165, 1.54) is 41.1 Å². The zero-order valence-electron chi connectivity index (χ0n) is 28.2. The Kier molecular flexibility index (Phi) is 8.67. The average Bonchev–Trinajstić information content (AvgIpc) is 3.91. The van der Waals surface area contributed by atoms with E-state index in [4.69, 9.17) is 0 Å². The van der Waals surface area contributed by atoms with Gasteiger partial charge >= 0.3 is 0 Å². The molecule has 0 heterocycles. The molecule has 0 aromatic heterocycles. The highest BCUT2D eigenvalue weighted by Crippen LogP contribution is 2.71. The summed E-state index contributed by atoms with van der Waals surface area (Å²) in [6.45, 7) is 5.03. The number of anilines is 1. The maximum Gasteiger partial charge on any atom is 0.0361 e. The van der Waals surface area contributed by atoms with Gasteiger partial charge in [0.25, 0.3) is 0 Å². The normalized spacial score (nSPS) is 33.9. The predicted octanol–water partition coefficient (Wildman–Crippen LogP) is 9.95. The van der Waals surface area contributed by atoms with Gasteiger partial charge in [0.05, 0.1) is 0 Å². The summed E-state index contributed by atoms with van der Waals surface area (Å²) < 4.78 is 0. The molecule has 8 rings (SSSR count). The van der Waals surface area contributed by atoms with Crippen molar-refractivity contribution >= 4 is 37.4 Å². The maximum atomic E-state index is 2.80. The average molecular weight is 636 g/mol. The lowest BCUT2D eigenvalue weighted by Gasteiger charge is -2.45. The number of rotatable bonds is 9. The van der Waals surface area contributed by atoms with Crippen LogP contribution in [-0.4, -0.2) is 31.1 Å². The lowest BCUT2D eigenvalue weighted by Crippen LogP contribution is -2.34. The monoisotopic (exact) mass is 635 g/mol. The van der Waals surface area contributed by atoms with Gasteiger partial charge in [-0.25, -0.2) is 0 Å². The molecule has 0 saturated heterocycles. The van der Waals surface area contributed by atoms with Gasteiger partial charge in [0.15, 0.2) is 0 Å². The third-order valence-electron chi connectivity index (χ3n) is 13.3. The summed E-state index contributed by atoms with van der Waals surface area (Å²) in [6.07, 6.45) is 16.9. The third-order valence-corrected chi connectivity index (χ3v) is 20.0. The van der Waals surface area contributed by atoms with Gasteiger partial charge in [-0.2, -0.15) is 0 Å². The van der Waals surface area contributed by atoms with Crippen molar-refractivity contribution in [2.75, 3.05) is 19.0 Å². The molecular formula is C42H55NP2. The fourth-order valence-electron chi connectivity index (χ4n) is 11.2. The highest BCUT2D eigenvalue weighted by Gasteiger charge is 2.53. The first-order valence-electron chi connectivity index (χ1n) is 18.4. The Morgan fingerprint density at radius 1 is 0.667 bits per heavy atom.